The van der Waals surface area contributed by atoms with Crippen molar-refractivity contribution in [2.75, 3.05) is 24.7 Å². The molecule has 1 aromatic rings. The van der Waals surface area contributed by atoms with Crippen LogP contribution in [0.5, 0.6) is 0 Å². The first-order valence-corrected chi connectivity index (χ1v) is 5.07. The molecule has 0 radical (unpaired) electrons. The van der Waals surface area contributed by atoms with Crippen molar-refractivity contribution in [2.24, 2.45) is 0 Å². The van der Waals surface area contributed by atoms with E-state index in [1.54, 1.807) is 12.4 Å². The van der Waals surface area contributed by atoms with E-state index in [4.69, 9.17) is 9.84 Å². The Bertz CT molecular complexity index is 332. The molecule has 1 unspecified atom stereocenters. The molecule has 15 heavy (non-hydrogen) atoms. The highest BCUT2D eigenvalue weighted by molar-refractivity contribution is 5.38. The fourth-order valence-corrected chi connectivity index (χ4v) is 1.68. The molecule has 2 rings (SSSR count). The topological polar surface area (TPSA) is 58.5 Å². The van der Waals surface area contributed by atoms with Crippen LogP contribution in [0.25, 0.3) is 0 Å². The second-order valence-corrected chi connectivity index (χ2v) is 3.64. The normalized spacial score (nSPS) is 21.7. The van der Waals surface area contributed by atoms with Gasteiger partial charge in [-0.1, -0.05) is 0 Å². The summed E-state index contributed by atoms with van der Waals surface area (Å²) in [5.41, 5.74) is 0.603. The van der Waals surface area contributed by atoms with E-state index in [-0.39, 0.29) is 6.61 Å². The summed E-state index contributed by atoms with van der Waals surface area (Å²) < 4.78 is 5.35. The molecule has 5 nitrogen and oxygen atoms in total. The average Bonchev–Trinajstić information content (AvgIpc) is 2.30. The Labute approximate surface area is 88.7 Å². The van der Waals surface area contributed by atoms with E-state index in [1.807, 2.05) is 0 Å². The van der Waals surface area contributed by atoms with Gasteiger partial charge in [-0.3, -0.25) is 4.98 Å². The van der Waals surface area contributed by atoms with Crippen LogP contribution in [0, 0.1) is 0 Å². The molecule has 1 aliphatic heterocycles. The molecule has 1 aromatic heterocycles. The summed E-state index contributed by atoms with van der Waals surface area (Å²) in [5.74, 6) is 0.817. The Hall–Kier alpha value is -1.20. The van der Waals surface area contributed by atoms with E-state index in [0.717, 1.165) is 19.0 Å². The summed E-state index contributed by atoms with van der Waals surface area (Å²) in [6.45, 7) is 4.27. The number of hydrogen-bond acceptors (Lipinski definition) is 5. The van der Waals surface area contributed by atoms with Gasteiger partial charge in [0.1, 0.15) is 5.82 Å². The first-order valence-electron chi connectivity index (χ1n) is 5.07. The number of hydrogen-bond donors (Lipinski definition) is 1. The van der Waals surface area contributed by atoms with Gasteiger partial charge in [0.05, 0.1) is 44.0 Å². The quantitative estimate of drug-likeness (QED) is 0.753. The van der Waals surface area contributed by atoms with E-state index in [0.29, 0.717) is 18.3 Å². The first kappa shape index (κ1) is 10.3. The highest BCUT2D eigenvalue weighted by Crippen LogP contribution is 2.16. The van der Waals surface area contributed by atoms with Crippen molar-refractivity contribution in [3.63, 3.8) is 0 Å². The molecule has 0 aliphatic carbocycles. The minimum absolute atomic E-state index is 0.0699. The molecular formula is C10H15N3O2. The first-order chi connectivity index (χ1) is 7.31. The Morgan fingerprint density at radius 2 is 2.47 bits per heavy atom. The SMILES string of the molecule is CC1COCCN1c1cncc(CO)n1. The summed E-state index contributed by atoms with van der Waals surface area (Å²) in [6.07, 6.45) is 3.30. The van der Waals surface area contributed by atoms with E-state index in [9.17, 15) is 0 Å². The Balaban J connectivity index is 2.19. The maximum atomic E-state index is 8.98. The largest absolute Gasteiger partial charge is 0.390 e. The molecule has 82 valence electrons. The number of ether oxygens (including phenoxy) is 1. The minimum Gasteiger partial charge on any atom is -0.390 e. The number of aliphatic hydroxyl groups is 1. The van der Waals surface area contributed by atoms with Gasteiger partial charge in [0.2, 0.25) is 0 Å². The van der Waals surface area contributed by atoms with Crippen molar-refractivity contribution >= 4 is 5.82 Å². The van der Waals surface area contributed by atoms with Gasteiger partial charge in [-0.05, 0) is 6.92 Å². The van der Waals surface area contributed by atoms with Gasteiger partial charge >= 0.3 is 0 Å². The molecule has 0 spiro atoms. The summed E-state index contributed by atoms with van der Waals surface area (Å²) in [7, 11) is 0. The minimum atomic E-state index is -0.0699. The predicted molar refractivity (Wildman–Crippen MR) is 55.6 cm³/mol. The van der Waals surface area contributed by atoms with Crippen LogP contribution in [0.1, 0.15) is 12.6 Å². The molecule has 1 N–H and O–H groups in total. The lowest BCUT2D eigenvalue weighted by Crippen LogP contribution is -2.44. The molecule has 5 heteroatoms. The summed E-state index contributed by atoms with van der Waals surface area (Å²) in [6, 6.07) is 0.307. The standard InChI is InChI=1S/C10H15N3O2/c1-8-7-15-3-2-13(8)10-5-11-4-9(6-14)12-10/h4-5,8,14H,2-3,6-7H2,1H3. The number of morpholine rings is 1. The second-order valence-electron chi connectivity index (χ2n) is 3.64. The van der Waals surface area contributed by atoms with Crippen LogP contribution < -0.4 is 4.90 Å². The highest BCUT2D eigenvalue weighted by Gasteiger charge is 2.20. The van der Waals surface area contributed by atoms with Crippen molar-refractivity contribution in [1.82, 2.24) is 9.97 Å². The lowest BCUT2D eigenvalue weighted by molar-refractivity contribution is 0.0984. The zero-order valence-electron chi connectivity index (χ0n) is 8.76. The maximum absolute atomic E-state index is 8.98. The number of aliphatic hydroxyl groups excluding tert-OH is 1. The molecule has 1 atom stereocenters. The smallest absolute Gasteiger partial charge is 0.147 e. The average molecular weight is 209 g/mol. The van der Waals surface area contributed by atoms with Crippen LogP contribution in [0.4, 0.5) is 5.82 Å². The van der Waals surface area contributed by atoms with Crippen molar-refractivity contribution in [2.45, 2.75) is 19.6 Å². The molecule has 0 amide bonds. The molecule has 1 aliphatic rings. The van der Waals surface area contributed by atoms with Gasteiger partial charge < -0.3 is 14.7 Å². The second kappa shape index (κ2) is 4.55. The third-order valence-electron chi connectivity index (χ3n) is 2.50. The number of aromatic nitrogens is 2. The van der Waals surface area contributed by atoms with Gasteiger partial charge in [-0.15, -0.1) is 0 Å². The molecule has 1 saturated heterocycles. The van der Waals surface area contributed by atoms with Crippen molar-refractivity contribution in [1.29, 1.82) is 0 Å². The monoisotopic (exact) mass is 209 g/mol. The van der Waals surface area contributed by atoms with Crippen molar-refractivity contribution in [3.05, 3.63) is 18.1 Å². The number of nitrogens with zero attached hydrogens (tertiary/aromatic N) is 3. The molecule has 0 saturated carbocycles. The summed E-state index contributed by atoms with van der Waals surface area (Å²) in [4.78, 5) is 10.5. The van der Waals surface area contributed by atoms with E-state index < -0.39 is 0 Å². The van der Waals surface area contributed by atoms with Gasteiger partial charge in [-0.2, -0.15) is 0 Å². The van der Waals surface area contributed by atoms with Crippen LogP contribution in [0.2, 0.25) is 0 Å². The molecule has 0 aromatic carbocycles. The van der Waals surface area contributed by atoms with Crippen molar-refractivity contribution in [3.8, 4) is 0 Å². The van der Waals surface area contributed by atoms with Crippen LogP contribution in [-0.2, 0) is 11.3 Å². The third-order valence-corrected chi connectivity index (χ3v) is 2.50. The molecule has 0 bridgehead atoms. The number of anilines is 1. The lowest BCUT2D eigenvalue weighted by atomic mass is 10.2. The van der Waals surface area contributed by atoms with Gasteiger partial charge in [-0.25, -0.2) is 4.98 Å². The zero-order chi connectivity index (χ0) is 10.7. The lowest BCUT2D eigenvalue weighted by Gasteiger charge is -2.34. The predicted octanol–water partition coefficient (Wildman–Crippen LogP) is 0.194. The van der Waals surface area contributed by atoms with Crippen LogP contribution in [0.15, 0.2) is 12.4 Å². The summed E-state index contributed by atoms with van der Waals surface area (Å²) in [5, 5.41) is 8.98. The third kappa shape index (κ3) is 2.24. The molecule has 2 heterocycles. The molecule has 1 fully saturated rings. The van der Waals surface area contributed by atoms with Crippen LogP contribution in [-0.4, -0.2) is 40.9 Å². The summed E-state index contributed by atoms with van der Waals surface area (Å²) >= 11 is 0. The zero-order valence-corrected chi connectivity index (χ0v) is 8.76. The Kier molecular flexibility index (Phi) is 3.13. The van der Waals surface area contributed by atoms with Gasteiger partial charge in [0, 0.05) is 6.54 Å². The van der Waals surface area contributed by atoms with Gasteiger partial charge in [0.15, 0.2) is 0 Å². The van der Waals surface area contributed by atoms with Gasteiger partial charge in [0.25, 0.3) is 0 Å². The van der Waals surface area contributed by atoms with E-state index in [1.165, 1.54) is 0 Å². The van der Waals surface area contributed by atoms with E-state index >= 15 is 0 Å². The fourth-order valence-electron chi connectivity index (χ4n) is 1.68. The van der Waals surface area contributed by atoms with Crippen LogP contribution in [0.3, 0.4) is 0 Å². The highest BCUT2D eigenvalue weighted by atomic mass is 16.5. The Morgan fingerprint density at radius 3 is 3.20 bits per heavy atom. The number of rotatable bonds is 2. The maximum Gasteiger partial charge on any atom is 0.147 e. The van der Waals surface area contributed by atoms with E-state index in [2.05, 4.69) is 21.8 Å². The Morgan fingerprint density at radius 1 is 1.60 bits per heavy atom. The molecular weight excluding hydrogens is 194 g/mol. The van der Waals surface area contributed by atoms with Crippen LogP contribution >= 0.6 is 0 Å². The fraction of sp³-hybridized carbons (Fsp3) is 0.600. The van der Waals surface area contributed by atoms with Crippen molar-refractivity contribution < 1.29 is 9.84 Å².